The van der Waals surface area contributed by atoms with Gasteiger partial charge in [0.05, 0.1) is 5.54 Å². The van der Waals surface area contributed by atoms with Gasteiger partial charge in [0, 0.05) is 25.7 Å². The number of amides is 1. The maximum absolute atomic E-state index is 12.2. The maximum Gasteiger partial charge on any atom is 0.408 e. The van der Waals surface area contributed by atoms with Gasteiger partial charge in [-0.25, -0.2) is 4.79 Å². The first kappa shape index (κ1) is 28.4. The summed E-state index contributed by atoms with van der Waals surface area (Å²) in [6.07, 6.45) is 1.19. The third-order valence-corrected chi connectivity index (χ3v) is 4.84. The van der Waals surface area contributed by atoms with Gasteiger partial charge in [-0.3, -0.25) is 4.99 Å². The van der Waals surface area contributed by atoms with Crippen LogP contribution in [0.25, 0.3) is 0 Å². The lowest BCUT2D eigenvalue weighted by atomic mass is 9.93. The summed E-state index contributed by atoms with van der Waals surface area (Å²) in [5.41, 5.74) is -0.907. The molecule has 27 heavy (non-hydrogen) atoms. The minimum Gasteiger partial charge on any atom is -0.444 e. The van der Waals surface area contributed by atoms with Gasteiger partial charge in [0.2, 0.25) is 0 Å². The Morgan fingerprint density at radius 3 is 1.85 bits per heavy atom. The highest BCUT2D eigenvalue weighted by molar-refractivity contribution is 14.0. The molecule has 162 valence electrons. The topological polar surface area (TPSA) is 78.0 Å². The van der Waals surface area contributed by atoms with Gasteiger partial charge in [0.1, 0.15) is 5.60 Å². The molecule has 8 heteroatoms. The molecule has 0 rings (SSSR count). The van der Waals surface area contributed by atoms with E-state index in [2.05, 4.69) is 67.6 Å². The van der Waals surface area contributed by atoms with Gasteiger partial charge in [-0.1, -0.05) is 13.8 Å². The van der Waals surface area contributed by atoms with E-state index >= 15 is 0 Å². The molecule has 0 saturated carbocycles. The Labute approximate surface area is 183 Å². The number of nitrogens with one attached hydrogen (secondary N) is 3. The van der Waals surface area contributed by atoms with Crippen molar-refractivity contribution in [2.75, 3.05) is 34.2 Å². The first-order chi connectivity index (χ1) is 11.8. The fraction of sp³-hybridized carbons (Fsp3) is 0.895. The number of aliphatic imine (C=N–C) groups is 1. The fourth-order valence-corrected chi connectivity index (χ4v) is 2.17. The SMILES string of the molecule is CCC(CC)(CNC(=NC)NCC(C)(C)N(C)C)NC(=O)OC(C)(C)C.I. The van der Waals surface area contributed by atoms with Crippen LogP contribution in [-0.2, 0) is 4.74 Å². The highest BCUT2D eigenvalue weighted by Gasteiger charge is 2.31. The number of likely N-dealkylation sites (N-methyl/N-ethyl adjacent to an activating group) is 1. The number of guanidine groups is 1. The van der Waals surface area contributed by atoms with Crippen LogP contribution in [0.1, 0.15) is 61.3 Å². The zero-order valence-electron chi connectivity index (χ0n) is 18.9. The predicted molar refractivity (Wildman–Crippen MR) is 125 cm³/mol. The molecular weight excluding hydrogens is 457 g/mol. The van der Waals surface area contributed by atoms with Gasteiger partial charge in [-0.2, -0.15) is 0 Å². The Kier molecular flexibility index (Phi) is 12.6. The van der Waals surface area contributed by atoms with E-state index in [9.17, 15) is 4.79 Å². The minimum absolute atomic E-state index is 0. The highest BCUT2D eigenvalue weighted by atomic mass is 127. The molecule has 0 atom stereocenters. The summed E-state index contributed by atoms with van der Waals surface area (Å²) in [5.74, 6) is 0.720. The summed E-state index contributed by atoms with van der Waals surface area (Å²) < 4.78 is 5.42. The number of carbonyl (C=O) groups excluding carboxylic acids is 1. The number of carbonyl (C=O) groups is 1. The van der Waals surface area contributed by atoms with Crippen molar-refractivity contribution in [3.05, 3.63) is 0 Å². The number of hydrogen-bond acceptors (Lipinski definition) is 4. The first-order valence-electron chi connectivity index (χ1n) is 9.44. The van der Waals surface area contributed by atoms with E-state index in [1.807, 2.05) is 20.8 Å². The summed E-state index contributed by atoms with van der Waals surface area (Å²) in [4.78, 5) is 18.7. The first-order valence-corrected chi connectivity index (χ1v) is 9.44. The molecule has 3 N–H and O–H groups in total. The minimum atomic E-state index is -0.514. The zero-order valence-corrected chi connectivity index (χ0v) is 21.3. The second-order valence-corrected chi connectivity index (χ2v) is 8.60. The molecule has 0 aromatic rings. The van der Waals surface area contributed by atoms with Gasteiger partial charge in [-0.05, 0) is 61.6 Å². The van der Waals surface area contributed by atoms with E-state index in [0.717, 1.165) is 25.3 Å². The molecule has 0 radical (unpaired) electrons. The molecule has 7 nitrogen and oxygen atoms in total. The van der Waals surface area contributed by atoms with Gasteiger partial charge in [-0.15, -0.1) is 24.0 Å². The summed E-state index contributed by atoms with van der Waals surface area (Å²) in [6, 6.07) is 0. The lowest BCUT2D eigenvalue weighted by Crippen LogP contribution is -2.58. The molecule has 0 fully saturated rings. The average molecular weight is 499 g/mol. The number of ether oxygens (including phenoxy) is 1. The Bertz CT molecular complexity index is 469. The Morgan fingerprint density at radius 1 is 1.00 bits per heavy atom. The zero-order chi connectivity index (χ0) is 20.6. The van der Waals surface area contributed by atoms with Crippen molar-refractivity contribution in [2.45, 2.75) is 78.0 Å². The second-order valence-electron chi connectivity index (χ2n) is 8.60. The Hall–Kier alpha value is -0.770. The number of hydrogen-bond donors (Lipinski definition) is 3. The summed E-state index contributed by atoms with van der Waals surface area (Å²) in [5, 5.41) is 9.74. The molecule has 0 aliphatic heterocycles. The molecule has 0 spiro atoms. The quantitative estimate of drug-likeness (QED) is 0.272. The number of nitrogens with zero attached hydrogens (tertiary/aromatic N) is 2. The van der Waals surface area contributed by atoms with Crippen LogP contribution in [0.2, 0.25) is 0 Å². The largest absolute Gasteiger partial charge is 0.444 e. The van der Waals surface area contributed by atoms with E-state index in [1.165, 1.54) is 0 Å². The summed E-state index contributed by atoms with van der Waals surface area (Å²) in [6.45, 7) is 15.4. The van der Waals surface area contributed by atoms with Crippen molar-refractivity contribution < 1.29 is 9.53 Å². The van der Waals surface area contributed by atoms with Crippen LogP contribution in [-0.4, -0.2) is 67.9 Å². The predicted octanol–water partition coefficient (Wildman–Crippen LogP) is 3.19. The van der Waals surface area contributed by atoms with Crippen LogP contribution in [0.5, 0.6) is 0 Å². The molecular formula is C19H42IN5O2. The van der Waals surface area contributed by atoms with Crippen LogP contribution >= 0.6 is 24.0 Å². The van der Waals surface area contributed by atoms with E-state index in [4.69, 9.17) is 4.74 Å². The van der Waals surface area contributed by atoms with Crippen LogP contribution in [0.3, 0.4) is 0 Å². The van der Waals surface area contributed by atoms with Crippen molar-refractivity contribution in [1.82, 2.24) is 20.9 Å². The van der Waals surface area contributed by atoms with Gasteiger partial charge in [0.25, 0.3) is 0 Å². The van der Waals surface area contributed by atoms with Crippen molar-refractivity contribution in [3.8, 4) is 0 Å². The molecule has 0 unspecified atom stereocenters. The smallest absolute Gasteiger partial charge is 0.408 e. The number of alkyl carbamates (subject to hydrolysis) is 1. The van der Waals surface area contributed by atoms with E-state index < -0.39 is 11.1 Å². The number of halogens is 1. The third kappa shape index (κ3) is 11.0. The van der Waals surface area contributed by atoms with Crippen LogP contribution in [0, 0.1) is 0 Å². The van der Waals surface area contributed by atoms with Crippen LogP contribution in [0.15, 0.2) is 4.99 Å². The van der Waals surface area contributed by atoms with Gasteiger partial charge >= 0.3 is 6.09 Å². The lowest BCUT2D eigenvalue weighted by molar-refractivity contribution is 0.0448. The fourth-order valence-electron chi connectivity index (χ4n) is 2.17. The summed E-state index contributed by atoms with van der Waals surface area (Å²) in [7, 11) is 5.86. The normalized spacial score (nSPS) is 13.1. The van der Waals surface area contributed by atoms with Crippen LogP contribution in [0.4, 0.5) is 4.79 Å². The molecule has 0 saturated heterocycles. The van der Waals surface area contributed by atoms with Crippen molar-refractivity contribution >= 4 is 36.0 Å². The highest BCUT2D eigenvalue weighted by Crippen LogP contribution is 2.16. The molecule has 0 aliphatic rings. The van der Waals surface area contributed by atoms with Crippen molar-refractivity contribution in [2.24, 2.45) is 4.99 Å². The third-order valence-electron chi connectivity index (χ3n) is 4.84. The lowest BCUT2D eigenvalue weighted by Gasteiger charge is -2.36. The summed E-state index contributed by atoms with van der Waals surface area (Å²) >= 11 is 0. The molecule has 0 heterocycles. The van der Waals surface area contributed by atoms with Crippen molar-refractivity contribution in [1.29, 1.82) is 0 Å². The van der Waals surface area contributed by atoms with Crippen LogP contribution < -0.4 is 16.0 Å². The van der Waals surface area contributed by atoms with E-state index in [1.54, 1.807) is 7.05 Å². The van der Waals surface area contributed by atoms with Gasteiger partial charge < -0.3 is 25.6 Å². The number of rotatable bonds is 8. The molecule has 0 aromatic heterocycles. The van der Waals surface area contributed by atoms with Crippen molar-refractivity contribution in [3.63, 3.8) is 0 Å². The molecule has 0 aromatic carbocycles. The van der Waals surface area contributed by atoms with E-state index in [-0.39, 0.29) is 35.6 Å². The Balaban J connectivity index is 0. The second kappa shape index (κ2) is 11.9. The monoisotopic (exact) mass is 499 g/mol. The molecule has 1 amide bonds. The molecule has 0 aliphatic carbocycles. The van der Waals surface area contributed by atoms with E-state index in [0.29, 0.717) is 6.54 Å². The Morgan fingerprint density at radius 2 is 1.48 bits per heavy atom. The maximum atomic E-state index is 12.2. The molecule has 0 bridgehead atoms. The average Bonchev–Trinajstić information content (AvgIpc) is 2.51. The standard InChI is InChI=1S/C19H41N5O2.HI/c1-11-19(12-2,23-16(25)26-17(3,4)5)14-22-15(20-8)21-13-18(6,7)24(9)10;/h11-14H2,1-10H3,(H,23,25)(H2,20,21,22);1H. The van der Waals surface area contributed by atoms with Gasteiger partial charge in [0.15, 0.2) is 5.96 Å².